The number of rotatable bonds is 11. The molecule has 0 atom stereocenters. The predicted molar refractivity (Wildman–Crippen MR) is 167 cm³/mol. The second kappa shape index (κ2) is 12.3. The zero-order valence-electron chi connectivity index (χ0n) is 23.4. The molecular formula is C32H30N3O6SSe+. The Morgan fingerprint density at radius 3 is 2.63 bits per heavy atom. The third-order valence-electron chi connectivity index (χ3n) is 7.10. The van der Waals surface area contributed by atoms with Crippen molar-refractivity contribution in [2.75, 3.05) is 23.7 Å². The molecule has 0 amide bonds. The summed E-state index contributed by atoms with van der Waals surface area (Å²) in [5.74, 6) is -0.126. The van der Waals surface area contributed by atoms with Crippen LogP contribution in [0.3, 0.4) is 0 Å². The van der Waals surface area contributed by atoms with E-state index in [9.17, 15) is 18.3 Å². The van der Waals surface area contributed by atoms with Gasteiger partial charge in [0.2, 0.25) is 0 Å². The summed E-state index contributed by atoms with van der Waals surface area (Å²) < 4.78 is 40.2. The maximum absolute atomic E-state index is 12.4. The van der Waals surface area contributed by atoms with Gasteiger partial charge in [-0.2, -0.15) is 0 Å². The molecule has 2 heterocycles. The van der Waals surface area contributed by atoms with Gasteiger partial charge in [-0.3, -0.25) is 0 Å². The summed E-state index contributed by atoms with van der Waals surface area (Å²) in [7, 11) is -3.74. The Kier molecular flexibility index (Phi) is 8.34. The third-order valence-corrected chi connectivity index (χ3v) is 10.6. The van der Waals surface area contributed by atoms with E-state index < -0.39 is 16.1 Å². The number of hydrogen-bond acceptors (Lipinski definition) is 7. The number of benzene rings is 4. The topological polar surface area (TPSA) is 109 Å². The van der Waals surface area contributed by atoms with Crippen molar-refractivity contribution in [3.63, 3.8) is 0 Å². The molecule has 0 aliphatic carbocycles. The molecule has 6 rings (SSSR count). The molecule has 0 fully saturated rings. The predicted octanol–water partition coefficient (Wildman–Crippen LogP) is 4.55. The summed E-state index contributed by atoms with van der Waals surface area (Å²) in [4.78, 5) is 13.7. The average Bonchev–Trinajstić information content (AvgIpc) is 3.53. The second-order valence-corrected chi connectivity index (χ2v) is 14.0. The Balaban J connectivity index is 1.42. The number of anilines is 1. The molecule has 1 aliphatic heterocycles. The number of carboxylic acids is 1. The van der Waals surface area contributed by atoms with Crippen molar-refractivity contribution in [3.8, 4) is 16.9 Å². The molecule has 0 bridgehead atoms. The number of carbonyl (C=O) groups is 1. The number of hydroxylamine groups is 1. The molecule has 9 nitrogen and oxygen atoms in total. The monoisotopic (exact) mass is 664 g/mol. The number of nitrogens with zero attached hydrogens (tertiary/aromatic N) is 2. The fourth-order valence-corrected chi connectivity index (χ4v) is 8.45. The fourth-order valence-electron chi connectivity index (χ4n) is 5.22. The number of fused-ring (bicyclic) bond motifs is 4. The van der Waals surface area contributed by atoms with Crippen LogP contribution in [0.1, 0.15) is 17.9 Å². The van der Waals surface area contributed by atoms with Crippen LogP contribution in [-0.2, 0) is 25.7 Å². The number of ether oxygens (including phenoxy) is 1. The van der Waals surface area contributed by atoms with Gasteiger partial charge in [-0.1, -0.05) is 0 Å². The van der Waals surface area contributed by atoms with Crippen molar-refractivity contribution in [2.45, 2.75) is 19.9 Å². The number of aliphatic carboxylic acids is 1. The first-order chi connectivity index (χ1) is 20.8. The minimum atomic E-state index is -3.74. The molecule has 43 heavy (non-hydrogen) atoms. The summed E-state index contributed by atoms with van der Waals surface area (Å²) in [5, 5.41) is 12.0. The first kappa shape index (κ1) is 29.1. The summed E-state index contributed by atoms with van der Waals surface area (Å²) in [5.41, 5.74) is 6.13. The standard InChI is InChI=1S/C32H29N3O6SSe/c1-2-33-41-42(38,39)18-8-17-34-30(43-28-16-14-23-11-6-7-12-25(23)32(28)34)20-29-35(21-31(36)37)26-19-24(13-15-27(26)40-29)22-9-4-3-5-10-22/h3-7,9-16,19-20,33H,2,8,17-18,21H2,1H3/p+1. The summed E-state index contributed by atoms with van der Waals surface area (Å²) in [6, 6.07) is 28.0. The molecule has 1 aromatic heterocycles. The Morgan fingerprint density at radius 2 is 1.84 bits per heavy atom. The van der Waals surface area contributed by atoms with E-state index in [1.807, 2.05) is 66.7 Å². The molecule has 0 radical (unpaired) electrons. The molecule has 0 saturated carbocycles. The van der Waals surface area contributed by atoms with Crippen LogP contribution in [0, 0.1) is 0 Å². The first-order valence-electron chi connectivity index (χ1n) is 13.9. The van der Waals surface area contributed by atoms with Gasteiger partial charge >= 0.3 is 256 Å². The maximum atomic E-state index is 12.4. The van der Waals surface area contributed by atoms with Crippen LogP contribution in [0.2, 0.25) is 0 Å². The molecule has 0 saturated heterocycles. The summed E-state index contributed by atoms with van der Waals surface area (Å²) in [6.07, 6.45) is 2.24. The van der Waals surface area contributed by atoms with E-state index in [0.717, 1.165) is 36.2 Å². The van der Waals surface area contributed by atoms with Crippen LogP contribution in [-0.4, -0.2) is 52.8 Å². The normalized spacial score (nSPS) is 14.0. The van der Waals surface area contributed by atoms with Crippen LogP contribution in [0.15, 0.2) is 90.8 Å². The molecule has 220 valence electrons. The number of hydrogen-bond donors (Lipinski definition) is 2. The van der Waals surface area contributed by atoms with Crippen LogP contribution in [0.5, 0.6) is 5.75 Å². The Labute approximate surface area is 255 Å². The van der Waals surface area contributed by atoms with E-state index in [1.165, 1.54) is 0 Å². The quantitative estimate of drug-likeness (QED) is 0.121. The molecule has 1 aliphatic rings. The zero-order valence-corrected chi connectivity index (χ0v) is 25.9. The molecule has 5 aromatic rings. The van der Waals surface area contributed by atoms with Crippen LogP contribution in [0.25, 0.3) is 37.8 Å². The molecule has 11 heteroatoms. The third kappa shape index (κ3) is 6.22. The van der Waals surface area contributed by atoms with E-state index in [0.29, 0.717) is 36.8 Å². The Morgan fingerprint density at radius 1 is 1.05 bits per heavy atom. The van der Waals surface area contributed by atoms with Gasteiger partial charge in [-0.05, 0) is 0 Å². The van der Waals surface area contributed by atoms with Crippen LogP contribution < -0.4 is 19.7 Å². The van der Waals surface area contributed by atoms with Crippen molar-refractivity contribution in [3.05, 3.63) is 95.4 Å². The van der Waals surface area contributed by atoms with Gasteiger partial charge in [0, 0.05) is 0 Å². The second-order valence-electron chi connectivity index (χ2n) is 10.0. The number of carboxylic acid groups (broad SMARTS) is 1. The number of aryl methyl sites for hydroxylation is 1. The van der Waals surface area contributed by atoms with Gasteiger partial charge in [0.25, 0.3) is 0 Å². The Bertz CT molecular complexity index is 1960. The number of aromatic nitrogens is 1. The van der Waals surface area contributed by atoms with E-state index in [2.05, 4.69) is 34.3 Å². The van der Waals surface area contributed by atoms with Gasteiger partial charge in [-0.25, -0.2) is 0 Å². The molecular weight excluding hydrogens is 633 g/mol. The van der Waals surface area contributed by atoms with Crippen molar-refractivity contribution >= 4 is 62.9 Å². The van der Waals surface area contributed by atoms with Crippen LogP contribution >= 0.6 is 0 Å². The van der Waals surface area contributed by atoms with Crippen molar-refractivity contribution < 1.29 is 31.9 Å². The molecule has 4 aromatic carbocycles. The van der Waals surface area contributed by atoms with E-state index in [1.54, 1.807) is 11.8 Å². The fraction of sp³-hybridized carbons (Fsp3) is 0.188. The minimum absolute atomic E-state index is 0.131. The van der Waals surface area contributed by atoms with E-state index in [-0.39, 0.29) is 26.8 Å². The van der Waals surface area contributed by atoms with Gasteiger partial charge in [0.1, 0.15) is 0 Å². The van der Waals surface area contributed by atoms with Crippen molar-refractivity contribution in [1.29, 1.82) is 0 Å². The zero-order chi connectivity index (χ0) is 30.0. The van der Waals surface area contributed by atoms with Gasteiger partial charge in [-0.15, -0.1) is 0 Å². The van der Waals surface area contributed by atoms with E-state index >= 15 is 0 Å². The first-order valence-corrected chi connectivity index (χ1v) is 17.2. The van der Waals surface area contributed by atoms with Crippen LogP contribution in [0.4, 0.5) is 5.69 Å². The van der Waals surface area contributed by atoms with Crippen molar-refractivity contribution in [2.24, 2.45) is 0 Å². The van der Waals surface area contributed by atoms with Gasteiger partial charge < -0.3 is 0 Å². The average molecular weight is 664 g/mol. The summed E-state index contributed by atoms with van der Waals surface area (Å²) in [6.45, 7) is 2.30. The molecule has 0 spiro atoms. The number of nitrogens with one attached hydrogen (secondary N) is 1. The van der Waals surface area contributed by atoms with Gasteiger partial charge in [0.05, 0.1) is 0 Å². The Hall–Kier alpha value is -3.99. The summed E-state index contributed by atoms with van der Waals surface area (Å²) >= 11 is -0.131. The SMILES string of the molecule is CCNOS(=O)(=O)CCC[n+]1c(C=C2Oc3ccc(-c4ccccc4)cc3N2CC(=O)O)[se]c2ccc3ccccc3c21. The molecule has 2 N–H and O–H groups in total. The van der Waals surface area contributed by atoms with Crippen molar-refractivity contribution in [1.82, 2.24) is 5.48 Å². The van der Waals surface area contributed by atoms with Gasteiger partial charge in [0.15, 0.2) is 0 Å². The van der Waals surface area contributed by atoms with E-state index in [4.69, 9.17) is 9.02 Å². The molecule has 0 unspecified atom stereocenters.